The van der Waals surface area contributed by atoms with Gasteiger partial charge in [-0.25, -0.2) is 0 Å². The van der Waals surface area contributed by atoms with E-state index in [0.29, 0.717) is 44.7 Å². The van der Waals surface area contributed by atoms with E-state index >= 15 is 0 Å². The molecule has 16 nitrogen and oxygen atoms in total. The normalized spacial score (nSPS) is 13.5. The maximum absolute atomic E-state index is 14.0. The smallest absolute Gasteiger partial charge is 0.324 e. The van der Waals surface area contributed by atoms with Crippen molar-refractivity contribution >= 4 is 57.4 Å². The highest BCUT2D eigenvalue weighted by atomic mass is 33.1. The van der Waals surface area contributed by atoms with Crippen LogP contribution in [0.5, 0.6) is 0 Å². The molecule has 0 aromatic heterocycles. The second kappa shape index (κ2) is 40.1. The lowest BCUT2D eigenvalue weighted by molar-refractivity contribution is -0.152. The van der Waals surface area contributed by atoms with E-state index in [9.17, 15) is 28.8 Å². The van der Waals surface area contributed by atoms with Crippen molar-refractivity contribution in [1.29, 1.82) is 0 Å². The third-order valence-corrected chi connectivity index (χ3v) is 13.2. The van der Waals surface area contributed by atoms with Crippen molar-refractivity contribution in [2.24, 2.45) is 23.7 Å². The molecule has 0 spiro atoms. The molecule has 4 atom stereocenters. The van der Waals surface area contributed by atoms with Crippen LogP contribution in [0.15, 0.2) is 0 Å². The minimum atomic E-state index is -0.868. The minimum Gasteiger partial charge on any atom is -0.466 e. The lowest BCUT2D eigenvalue weighted by Gasteiger charge is -2.31. The summed E-state index contributed by atoms with van der Waals surface area (Å²) >= 11 is 0. The van der Waals surface area contributed by atoms with Gasteiger partial charge in [0.15, 0.2) is 0 Å². The lowest BCUT2D eigenvalue weighted by Crippen LogP contribution is -2.47. The molecule has 0 rings (SSSR count). The molecule has 0 fully saturated rings. The van der Waals surface area contributed by atoms with Gasteiger partial charge in [-0.15, -0.1) is 0 Å². The second-order valence-electron chi connectivity index (χ2n) is 18.9. The average Bonchev–Trinajstić information content (AvgIpc) is 3.26. The number of hydrogen-bond donors (Lipinski definition) is 0. The number of rotatable bonds is 42. The summed E-state index contributed by atoms with van der Waals surface area (Å²) in [5.74, 6) is -0.863. The van der Waals surface area contributed by atoms with Gasteiger partial charge < -0.3 is 38.2 Å². The minimum absolute atomic E-state index is 0.000672. The Hall–Kier alpha value is -2.64. The van der Waals surface area contributed by atoms with Crippen molar-refractivity contribution in [3.8, 4) is 0 Å². The van der Waals surface area contributed by atoms with Crippen LogP contribution in [0.4, 0.5) is 0 Å². The fraction of sp³-hybridized carbons (Fsp3) is 0.878. The summed E-state index contributed by atoms with van der Waals surface area (Å²) in [6.45, 7) is 19.6. The Kier molecular flexibility index (Phi) is 38.5. The van der Waals surface area contributed by atoms with Crippen LogP contribution in [0.25, 0.3) is 0 Å². The van der Waals surface area contributed by atoms with E-state index in [1.165, 1.54) is 21.6 Å². The number of esters is 6. The SMILES string of the molecule is CCCC(C)COC(=O)CCN(CCC(=O)OCCCC(C)C)[C@@H](CSSC[C@@H](C(=O)OCCN(C)C)N(CCC(=O)OCCCC(C)C)CCC(=O)OCC(C)CC)C(=O)OCCN(C)C. The fourth-order valence-corrected chi connectivity index (χ4v) is 8.81. The van der Waals surface area contributed by atoms with Gasteiger partial charge in [-0.1, -0.05) is 89.8 Å². The topological polar surface area (TPSA) is 171 Å². The molecule has 0 bridgehead atoms. The van der Waals surface area contributed by atoms with Gasteiger partial charge in [0.25, 0.3) is 0 Å². The molecule has 0 radical (unpaired) electrons. The highest BCUT2D eigenvalue weighted by Gasteiger charge is 2.32. The Labute approximate surface area is 413 Å². The van der Waals surface area contributed by atoms with E-state index in [-0.39, 0.29) is 95.0 Å². The van der Waals surface area contributed by atoms with E-state index in [0.717, 1.165) is 44.9 Å². The van der Waals surface area contributed by atoms with Crippen LogP contribution >= 0.6 is 21.6 Å². The predicted octanol–water partition coefficient (Wildman–Crippen LogP) is 7.01. The van der Waals surface area contributed by atoms with Crippen molar-refractivity contribution < 1.29 is 57.2 Å². The first-order valence-corrected chi connectivity index (χ1v) is 27.3. The van der Waals surface area contributed by atoms with Crippen molar-refractivity contribution in [2.75, 3.05) is 119 Å². The van der Waals surface area contributed by atoms with Gasteiger partial charge >= 0.3 is 35.8 Å². The molecule has 0 amide bonds. The standard InChI is InChI=1S/C49H92N4O12S2/c1-13-17-41(8)35-65-47(57)23-27-53(25-21-45(55)61-31-16-19-39(5)6)43(49(59)63-33-29-51(11)12)37-67-66-36-42(48(58)62-32-28-50(9)10)52(26-22-46(56)64-34-40(7)14-2)24-20-44(54)60-30-15-18-38(3)4/h38-43H,13-37H2,1-12H3/t40?,41?,42-,43-/m0/s1. The molecule has 0 aromatic rings. The zero-order valence-electron chi connectivity index (χ0n) is 43.6. The highest BCUT2D eigenvalue weighted by Crippen LogP contribution is 2.28. The molecule has 0 N–H and O–H groups in total. The monoisotopic (exact) mass is 993 g/mol. The predicted molar refractivity (Wildman–Crippen MR) is 269 cm³/mol. The summed E-state index contributed by atoms with van der Waals surface area (Å²) in [5, 5.41) is 0. The summed E-state index contributed by atoms with van der Waals surface area (Å²) in [6.07, 6.45) is 6.10. The highest BCUT2D eigenvalue weighted by molar-refractivity contribution is 8.76. The lowest BCUT2D eigenvalue weighted by atomic mass is 10.1. The number of ether oxygens (including phenoxy) is 6. The average molecular weight is 993 g/mol. The zero-order valence-corrected chi connectivity index (χ0v) is 45.3. The molecule has 0 saturated carbocycles. The van der Waals surface area contributed by atoms with Gasteiger partial charge in [-0.2, -0.15) is 0 Å². The van der Waals surface area contributed by atoms with Crippen LogP contribution in [0.1, 0.15) is 126 Å². The first-order chi connectivity index (χ1) is 31.8. The zero-order chi connectivity index (χ0) is 50.6. The number of carbonyl (C=O) groups excluding carboxylic acids is 6. The molecular weight excluding hydrogens is 901 g/mol. The number of nitrogens with zero attached hydrogens (tertiary/aromatic N) is 4. The summed E-state index contributed by atoms with van der Waals surface area (Å²) in [4.78, 5) is 87.2. The van der Waals surface area contributed by atoms with Gasteiger partial charge in [0, 0.05) is 50.8 Å². The van der Waals surface area contributed by atoms with Gasteiger partial charge in [0.1, 0.15) is 25.3 Å². The summed E-state index contributed by atoms with van der Waals surface area (Å²) < 4.78 is 33.7. The van der Waals surface area contributed by atoms with Crippen LogP contribution in [0.3, 0.4) is 0 Å². The quantitative estimate of drug-likeness (QED) is 0.0265. The number of likely N-dealkylation sites (N-methyl/N-ethyl adjacent to an activating group) is 2. The van der Waals surface area contributed by atoms with Crippen molar-refractivity contribution in [1.82, 2.24) is 19.6 Å². The van der Waals surface area contributed by atoms with E-state index in [1.807, 2.05) is 58.8 Å². The van der Waals surface area contributed by atoms with Crippen LogP contribution in [-0.2, 0) is 57.2 Å². The largest absolute Gasteiger partial charge is 0.466 e. The summed E-state index contributed by atoms with van der Waals surface area (Å²) in [7, 11) is 10.2. The van der Waals surface area contributed by atoms with Gasteiger partial charge in [0.2, 0.25) is 0 Å². The molecule has 0 aliphatic rings. The Morgan fingerprint density at radius 2 is 0.806 bits per heavy atom. The first-order valence-electron chi connectivity index (χ1n) is 24.8. The third-order valence-electron chi connectivity index (χ3n) is 10.9. The molecule has 392 valence electrons. The molecule has 0 heterocycles. The van der Waals surface area contributed by atoms with Crippen LogP contribution in [0, 0.1) is 23.7 Å². The van der Waals surface area contributed by atoms with E-state index in [4.69, 9.17) is 28.4 Å². The van der Waals surface area contributed by atoms with Gasteiger partial charge in [-0.3, -0.25) is 38.6 Å². The second-order valence-corrected chi connectivity index (χ2v) is 21.5. The van der Waals surface area contributed by atoms with Crippen LogP contribution in [-0.4, -0.2) is 186 Å². The number of hydrogen-bond acceptors (Lipinski definition) is 18. The molecule has 0 aliphatic heterocycles. The van der Waals surface area contributed by atoms with Crippen molar-refractivity contribution in [3.63, 3.8) is 0 Å². The molecule has 0 aliphatic carbocycles. The van der Waals surface area contributed by atoms with Crippen molar-refractivity contribution in [2.45, 2.75) is 138 Å². The molecule has 18 heteroatoms. The third kappa shape index (κ3) is 36.0. The molecule has 0 saturated heterocycles. The van der Waals surface area contributed by atoms with Gasteiger partial charge in [-0.05, 0) is 84.0 Å². The Balaban J connectivity index is 6.55. The number of carbonyl (C=O) groups is 6. The maximum atomic E-state index is 14.0. The molecule has 67 heavy (non-hydrogen) atoms. The van der Waals surface area contributed by atoms with Crippen LogP contribution in [0.2, 0.25) is 0 Å². The Bertz CT molecular complexity index is 1360. The Morgan fingerprint density at radius 1 is 0.448 bits per heavy atom. The van der Waals surface area contributed by atoms with Crippen molar-refractivity contribution in [3.05, 3.63) is 0 Å². The fourth-order valence-electron chi connectivity index (χ4n) is 6.31. The Morgan fingerprint density at radius 3 is 1.13 bits per heavy atom. The molecular formula is C49H92N4O12S2. The van der Waals surface area contributed by atoms with E-state index < -0.39 is 47.9 Å². The summed E-state index contributed by atoms with van der Waals surface area (Å²) in [6, 6.07) is -1.74. The molecule has 2 unspecified atom stereocenters. The van der Waals surface area contributed by atoms with Gasteiger partial charge in [0.05, 0.1) is 52.1 Å². The van der Waals surface area contributed by atoms with E-state index in [2.05, 4.69) is 34.6 Å². The molecule has 0 aromatic carbocycles. The summed E-state index contributed by atoms with van der Waals surface area (Å²) in [5.41, 5.74) is 0. The van der Waals surface area contributed by atoms with E-state index in [1.54, 1.807) is 9.80 Å². The van der Waals surface area contributed by atoms with Crippen LogP contribution < -0.4 is 0 Å². The first kappa shape index (κ1) is 64.4. The maximum Gasteiger partial charge on any atom is 0.324 e.